The molecule has 1 aromatic carbocycles. The number of carbonyl (C=O) groups is 1. The third-order valence-corrected chi connectivity index (χ3v) is 5.95. The van der Waals surface area contributed by atoms with Gasteiger partial charge in [-0.15, -0.1) is 0 Å². The smallest absolute Gasteiger partial charge is 0.260 e. The van der Waals surface area contributed by atoms with Gasteiger partial charge >= 0.3 is 0 Å². The average Bonchev–Trinajstić information content (AvgIpc) is 2.86. The topological polar surface area (TPSA) is 63.7 Å². The summed E-state index contributed by atoms with van der Waals surface area (Å²) in [4.78, 5) is 14.0. The van der Waals surface area contributed by atoms with Gasteiger partial charge in [0.25, 0.3) is 5.91 Å². The predicted octanol–water partition coefficient (Wildman–Crippen LogP) is 2.22. The van der Waals surface area contributed by atoms with Crippen LogP contribution in [0.25, 0.3) is 0 Å². The summed E-state index contributed by atoms with van der Waals surface area (Å²) in [6.07, 6.45) is 0.519. The molecule has 1 fully saturated rings. The molecule has 1 saturated heterocycles. The molecule has 0 radical (unpaired) electrons. The first-order valence-corrected chi connectivity index (χ1v) is 9.87. The molecule has 128 valence electrons. The second-order valence-electron chi connectivity index (χ2n) is 6.25. The normalized spacial score (nSPS) is 19.7. The van der Waals surface area contributed by atoms with Crippen molar-refractivity contribution in [3.8, 4) is 5.75 Å². The van der Waals surface area contributed by atoms with Crippen molar-refractivity contribution in [1.82, 2.24) is 4.90 Å². The maximum absolute atomic E-state index is 12.4. The van der Waals surface area contributed by atoms with Crippen LogP contribution in [0, 0.1) is 0 Å². The second kappa shape index (κ2) is 7.34. The van der Waals surface area contributed by atoms with Crippen LogP contribution in [0.15, 0.2) is 24.3 Å². The van der Waals surface area contributed by atoms with Gasteiger partial charge in [-0.25, -0.2) is 8.42 Å². The van der Waals surface area contributed by atoms with Gasteiger partial charge in [-0.2, -0.15) is 0 Å². The van der Waals surface area contributed by atoms with Gasteiger partial charge in [0.1, 0.15) is 5.75 Å². The van der Waals surface area contributed by atoms with E-state index < -0.39 is 9.84 Å². The highest BCUT2D eigenvalue weighted by Gasteiger charge is 2.33. The maximum atomic E-state index is 12.4. The van der Waals surface area contributed by atoms with E-state index in [-0.39, 0.29) is 30.1 Å². The van der Waals surface area contributed by atoms with Crippen LogP contribution in [0.1, 0.15) is 38.7 Å². The monoisotopic (exact) mass is 339 g/mol. The minimum absolute atomic E-state index is 0.0636. The molecule has 5 nitrogen and oxygen atoms in total. The Hall–Kier alpha value is -1.56. The van der Waals surface area contributed by atoms with Crippen molar-refractivity contribution in [2.24, 2.45) is 0 Å². The number of hydrogen-bond donors (Lipinski definition) is 0. The van der Waals surface area contributed by atoms with E-state index in [9.17, 15) is 13.2 Å². The Balaban J connectivity index is 1.96. The van der Waals surface area contributed by atoms with Crippen molar-refractivity contribution in [1.29, 1.82) is 0 Å². The van der Waals surface area contributed by atoms with Crippen molar-refractivity contribution >= 4 is 15.7 Å². The van der Waals surface area contributed by atoms with Gasteiger partial charge in [0.05, 0.1) is 11.5 Å². The minimum atomic E-state index is -3.00. The number of amides is 1. The number of benzene rings is 1. The summed E-state index contributed by atoms with van der Waals surface area (Å²) >= 11 is 0. The molecule has 0 saturated carbocycles. The van der Waals surface area contributed by atoms with Crippen LogP contribution >= 0.6 is 0 Å². The lowest BCUT2D eigenvalue weighted by molar-refractivity contribution is -0.135. The third kappa shape index (κ3) is 4.70. The van der Waals surface area contributed by atoms with Crippen LogP contribution in [-0.4, -0.2) is 49.9 Å². The van der Waals surface area contributed by atoms with Crippen molar-refractivity contribution in [3.05, 3.63) is 29.8 Å². The summed E-state index contributed by atoms with van der Waals surface area (Å²) in [6, 6.07) is 7.49. The first kappa shape index (κ1) is 17.8. The molecule has 23 heavy (non-hydrogen) atoms. The van der Waals surface area contributed by atoms with E-state index in [4.69, 9.17) is 4.74 Å². The molecule has 0 spiro atoms. The zero-order valence-electron chi connectivity index (χ0n) is 14.0. The van der Waals surface area contributed by atoms with E-state index in [0.29, 0.717) is 24.6 Å². The van der Waals surface area contributed by atoms with Crippen LogP contribution in [0.3, 0.4) is 0 Å². The summed E-state index contributed by atoms with van der Waals surface area (Å²) in [7, 11) is -3.00. The number of likely N-dealkylation sites (N-methyl/N-ethyl adjacent to an activating group) is 1. The molecular weight excluding hydrogens is 314 g/mol. The van der Waals surface area contributed by atoms with Gasteiger partial charge in [-0.3, -0.25) is 4.79 Å². The summed E-state index contributed by atoms with van der Waals surface area (Å²) in [5.74, 6) is 1.13. The standard InChI is InChI=1S/C17H25NO4S/c1-4-18(15-8-9-23(20,21)12-15)17(19)11-22-16-7-5-6-14(10-16)13(2)3/h5-7,10,13,15H,4,8-9,11-12H2,1-3H3. The Bertz CT molecular complexity index is 654. The Kier molecular flexibility index (Phi) is 5.68. The fourth-order valence-electron chi connectivity index (χ4n) is 2.85. The van der Waals surface area contributed by atoms with E-state index in [0.717, 1.165) is 5.56 Å². The van der Waals surface area contributed by atoms with E-state index in [2.05, 4.69) is 13.8 Å². The SMILES string of the molecule is CCN(C(=O)COc1cccc(C(C)C)c1)C1CCS(=O)(=O)C1. The first-order valence-electron chi connectivity index (χ1n) is 8.05. The van der Waals surface area contributed by atoms with Gasteiger partial charge in [0.15, 0.2) is 16.4 Å². The lowest BCUT2D eigenvalue weighted by Gasteiger charge is -2.26. The number of ether oxygens (including phenoxy) is 1. The Morgan fingerprint density at radius 3 is 2.70 bits per heavy atom. The number of sulfone groups is 1. The number of carbonyl (C=O) groups excluding carboxylic acids is 1. The van der Waals surface area contributed by atoms with Gasteiger partial charge in [0.2, 0.25) is 0 Å². The quantitative estimate of drug-likeness (QED) is 0.797. The summed E-state index contributed by atoms with van der Waals surface area (Å²) in [6.45, 7) is 6.50. The fourth-order valence-corrected chi connectivity index (χ4v) is 4.58. The van der Waals surface area contributed by atoms with Crippen molar-refractivity contribution in [2.75, 3.05) is 24.7 Å². The molecule has 1 atom stereocenters. The Morgan fingerprint density at radius 1 is 1.39 bits per heavy atom. The molecule has 1 heterocycles. The second-order valence-corrected chi connectivity index (χ2v) is 8.48. The zero-order valence-corrected chi connectivity index (χ0v) is 14.8. The molecule has 0 N–H and O–H groups in total. The number of rotatable bonds is 6. The molecule has 6 heteroatoms. The third-order valence-electron chi connectivity index (χ3n) is 4.20. The molecule has 1 unspecified atom stereocenters. The zero-order chi connectivity index (χ0) is 17.0. The van der Waals surface area contributed by atoms with Gasteiger partial charge in [-0.05, 0) is 37.0 Å². The van der Waals surface area contributed by atoms with Crippen molar-refractivity contribution in [3.63, 3.8) is 0 Å². The molecule has 1 amide bonds. The lowest BCUT2D eigenvalue weighted by Crippen LogP contribution is -2.43. The molecule has 0 aromatic heterocycles. The number of hydrogen-bond acceptors (Lipinski definition) is 4. The lowest BCUT2D eigenvalue weighted by atomic mass is 10.0. The Labute approximate surface area is 138 Å². The van der Waals surface area contributed by atoms with Gasteiger partial charge < -0.3 is 9.64 Å². The van der Waals surface area contributed by atoms with Crippen molar-refractivity contribution in [2.45, 2.75) is 39.2 Å². The molecule has 2 rings (SSSR count). The molecule has 1 aromatic rings. The van der Waals surface area contributed by atoms with Gasteiger partial charge in [-0.1, -0.05) is 26.0 Å². The van der Waals surface area contributed by atoms with E-state index in [1.807, 2.05) is 31.2 Å². The highest BCUT2D eigenvalue weighted by atomic mass is 32.2. The molecule has 1 aliphatic rings. The maximum Gasteiger partial charge on any atom is 0.260 e. The van der Waals surface area contributed by atoms with Crippen molar-refractivity contribution < 1.29 is 17.9 Å². The van der Waals surface area contributed by atoms with E-state index in [1.54, 1.807) is 4.90 Å². The highest BCUT2D eigenvalue weighted by Crippen LogP contribution is 2.21. The Morgan fingerprint density at radius 2 is 2.13 bits per heavy atom. The summed E-state index contributed by atoms with van der Waals surface area (Å²) in [5, 5.41) is 0. The predicted molar refractivity (Wildman–Crippen MR) is 90.5 cm³/mol. The van der Waals surface area contributed by atoms with Crippen LogP contribution in [-0.2, 0) is 14.6 Å². The van der Waals surface area contributed by atoms with Crippen LogP contribution in [0.4, 0.5) is 0 Å². The van der Waals surface area contributed by atoms with E-state index >= 15 is 0 Å². The molecule has 0 bridgehead atoms. The van der Waals surface area contributed by atoms with Crippen LogP contribution in [0.2, 0.25) is 0 Å². The fraction of sp³-hybridized carbons (Fsp3) is 0.588. The first-order chi connectivity index (χ1) is 10.8. The van der Waals surface area contributed by atoms with Gasteiger partial charge in [0, 0.05) is 12.6 Å². The minimum Gasteiger partial charge on any atom is -0.484 e. The van der Waals surface area contributed by atoms with Crippen LogP contribution < -0.4 is 4.74 Å². The number of nitrogens with zero attached hydrogens (tertiary/aromatic N) is 1. The summed E-state index contributed by atoms with van der Waals surface area (Å²) in [5.41, 5.74) is 1.16. The molecular formula is C17H25NO4S. The highest BCUT2D eigenvalue weighted by molar-refractivity contribution is 7.91. The average molecular weight is 339 g/mol. The largest absolute Gasteiger partial charge is 0.484 e. The van der Waals surface area contributed by atoms with Crippen LogP contribution in [0.5, 0.6) is 5.75 Å². The molecule has 0 aliphatic carbocycles. The van der Waals surface area contributed by atoms with E-state index in [1.165, 1.54) is 0 Å². The summed E-state index contributed by atoms with van der Waals surface area (Å²) < 4.78 is 28.8. The molecule has 1 aliphatic heterocycles.